The second-order valence-electron chi connectivity index (χ2n) is 5.06. The fourth-order valence-electron chi connectivity index (χ4n) is 2.08. The minimum Gasteiger partial charge on any atom is -0.492 e. The number of para-hydroxylation sites is 1. The van der Waals surface area contributed by atoms with Gasteiger partial charge in [0, 0.05) is 5.56 Å². The summed E-state index contributed by atoms with van der Waals surface area (Å²) < 4.78 is 48.8. The highest BCUT2D eigenvalue weighted by Gasteiger charge is 2.54. The largest absolute Gasteiger partial charge is 0.492 e. The van der Waals surface area contributed by atoms with Crippen molar-refractivity contribution in [2.24, 2.45) is 5.73 Å². The molecule has 21 heavy (non-hydrogen) atoms. The summed E-state index contributed by atoms with van der Waals surface area (Å²) in [6, 6.07) is 7.21. The molecule has 2 atom stereocenters. The Hall–Kier alpha value is -2.09. The molecule has 112 valence electrons. The Morgan fingerprint density at radius 2 is 2.00 bits per heavy atom. The Balaban J connectivity index is 1.94. The van der Waals surface area contributed by atoms with Gasteiger partial charge in [0.1, 0.15) is 12.4 Å². The first kappa shape index (κ1) is 13.9. The van der Waals surface area contributed by atoms with Gasteiger partial charge in [-0.2, -0.15) is 18.2 Å². The number of halogens is 3. The maximum Gasteiger partial charge on any atom is 0.415 e. The van der Waals surface area contributed by atoms with E-state index in [1.165, 1.54) is 0 Å². The van der Waals surface area contributed by atoms with Gasteiger partial charge in [-0.15, -0.1) is 0 Å². The zero-order valence-electron chi connectivity index (χ0n) is 11.0. The number of nitrogens with two attached hydrogens (primary N) is 1. The Bertz CT molecular complexity index is 667. The van der Waals surface area contributed by atoms with Crippen molar-refractivity contribution in [3.63, 3.8) is 0 Å². The Morgan fingerprint density at radius 3 is 2.71 bits per heavy atom. The van der Waals surface area contributed by atoms with Gasteiger partial charge in [-0.05, 0) is 13.0 Å². The molecule has 0 saturated heterocycles. The molecule has 8 heteroatoms. The molecule has 0 radical (unpaired) electrons. The first-order valence-corrected chi connectivity index (χ1v) is 6.22. The average Bonchev–Trinajstić information content (AvgIpc) is 3.03. The number of fused-ring (bicyclic) bond motifs is 1. The van der Waals surface area contributed by atoms with Crippen molar-refractivity contribution in [2.45, 2.75) is 24.6 Å². The molecule has 1 aromatic heterocycles. The van der Waals surface area contributed by atoms with E-state index in [2.05, 4.69) is 10.1 Å². The lowest BCUT2D eigenvalue weighted by Crippen LogP contribution is -2.48. The van der Waals surface area contributed by atoms with Crippen molar-refractivity contribution in [1.82, 2.24) is 10.1 Å². The van der Waals surface area contributed by atoms with E-state index in [9.17, 15) is 13.2 Å². The summed E-state index contributed by atoms with van der Waals surface area (Å²) in [7, 11) is 0. The van der Waals surface area contributed by atoms with Gasteiger partial charge in [-0.1, -0.05) is 23.4 Å². The van der Waals surface area contributed by atoms with Gasteiger partial charge < -0.3 is 15.0 Å². The number of ether oxygens (including phenoxy) is 1. The van der Waals surface area contributed by atoms with Crippen LogP contribution in [-0.2, 0) is 5.54 Å². The van der Waals surface area contributed by atoms with Crippen LogP contribution in [0, 0.1) is 0 Å². The number of nitrogens with zero attached hydrogens (tertiary/aromatic N) is 2. The molecule has 0 fully saturated rings. The van der Waals surface area contributed by atoms with Crippen LogP contribution in [-0.4, -0.2) is 22.9 Å². The van der Waals surface area contributed by atoms with Crippen LogP contribution in [0.15, 0.2) is 28.8 Å². The molecule has 2 aromatic rings. The third kappa shape index (κ3) is 2.15. The van der Waals surface area contributed by atoms with Gasteiger partial charge in [0.15, 0.2) is 11.4 Å². The van der Waals surface area contributed by atoms with Crippen LogP contribution >= 0.6 is 0 Å². The third-order valence-electron chi connectivity index (χ3n) is 3.49. The number of benzene rings is 1. The van der Waals surface area contributed by atoms with E-state index in [0.29, 0.717) is 5.75 Å². The number of hydrogen-bond donors (Lipinski definition) is 1. The van der Waals surface area contributed by atoms with Gasteiger partial charge in [0.25, 0.3) is 5.89 Å². The van der Waals surface area contributed by atoms with Crippen molar-refractivity contribution in [3.8, 4) is 5.75 Å². The second-order valence-corrected chi connectivity index (χ2v) is 5.06. The summed E-state index contributed by atoms with van der Waals surface area (Å²) in [4.78, 5) is 3.83. The predicted molar refractivity (Wildman–Crippen MR) is 65.7 cm³/mol. The predicted octanol–water partition coefficient (Wildman–Crippen LogP) is 2.33. The number of alkyl halides is 3. The maximum atomic E-state index is 12.9. The number of rotatable bonds is 2. The lowest BCUT2D eigenvalue weighted by Gasteiger charge is -2.22. The van der Waals surface area contributed by atoms with E-state index in [0.717, 1.165) is 12.5 Å². The van der Waals surface area contributed by atoms with Crippen LogP contribution in [0.1, 0.15) is 30.1 Å². The Kier molecular flexibility index (Phi) is 2.94. The normalized spacial score (nSPS) is 20.7. The van der Waals surface area contributed by atoms with E-state index in [1.807, 2.05) is 18.2 Å². The molecule has 0 saturated carbocycles. The molecular formula is C13H12F3N3O2. The van der Waals surface area contributed by atoms with Crippen LogP contribution in [0.25, 0.3) is 0 Å². The summed E-state index contributed by atoms with van der Waals surface area (Å²) in [6.45, 7) is 1.05. The summed E-state index contributed by atoms with van der Waals surface area (Å²) >= 11 is 0. The lowest BCUT2D eigenvalue weighted by molar-refractivity contribution is -0.190. The van der Waals surface area contributed by atoms with Crippen molar-refractivity contribution in [2.75, 3.05) is 6.61 Å². The van der Waals surface area contributed by atoms with Gasteiger partial charge in [-0.25, -0.2) is 0 Å². The van der Waals surface area contributed by atoms with Crippen molar-refractivity contribution >= 4 is 0 Å². The average molecular weight is 299 g/mol. The topological polar surface area (TPSA) is 74.2 Å². The molecule has 3 rings (SSSR count). The first-order valence-electron chi connectivity index (χ1n) is 6.22. The van der Waals surface area contributed by atoms with Crippen LogP contribution in [0.3, 0.4) is 0 Å². The van der Waals surface area contributed by atoms with Crippen LogP contribution in [0.2, 0.25) is 0 Å². The highest BCUT2D eigenvalue weighted by Crippen LogP contribution is 2.39. The summed E-state index contributed by atoms with van der Waals surface area (Å²) in [5, 5.41) is 3.63. The molecule has 0 aliphatic carbocycles. The van der Waals surface area contributed by atoms with Gasteiger partial charge in [-0.3, -0.25) is 0 Å². The third-order valence-corrected chi connectivity index (χ3v) is 3.49. The van der Waals surface area contributed by atoms with E-state index in [4.69, 9.17) is 15.0 Å². The van der Waals surface area contributed by atoms with Gasteiger partial charge in [0.2, 0.25) is 0 Å². The van der Waals surface area contributed by atoms with E-state index in [1.54, 1.807) is 6.07 Å². The first-order chi connectivity index (χ1) is 9.80. The molecule has 2 heterocycles. The zero-order chi connectivity index (χ0) is 15.3. The smallest absolute Gasteiger partial charge is 0.415 e. The minimum atomic E-state index is -4.68. The maximum absolute atomic E-state index is 12.9. The second kappa shape index (κ2) is 4.45. The lowest BCUT2D eigenvalue weighted by atomic mass is 10.0. The molecule has 1 aliphatic rings. The molecular weight excluding hydrogens is 287 g/mol. The molecule has 2 unspecified atom stereocenters. The summed E-state index contributed by atoms with van der Waals surface area (Å²) in [5.74, 6) is -0.215. The standard InChI is InChI=1S/C13H12F3N3O2/c1-12(17,13(14,15)16)11-18-10(19-21-11)8-6-20-9-5-3-2-4-7(8)9/h2-5,8H,6,17H2,1H3. The quantitative estimate of drug-likeness (QED) is 0.921. The van der Waals surface area contributed by atoms with E-state index >= 15 is 0 Å². The van der Waals surface area contributed by atoms with Crippen molar-refractivity contribution < 1.29 is 22.4 Å². The molecule has 0 amide bonds. The molecule has 2 N–H and O–H groups in total. The van der Waals surface area contributed by atoms with Crippen molar-refractivity contribution in [3.05, 3.63) is 41.5 Å². The molecule has 1 aliphatic heterocycles. The molecule has 5 nitrogen and oxygen atoms in total. The molecule has 0 bridgehead atoms. The van der Waals surface area contributed by atoms with E-state index < -0.39 is 17.6 Å². The molecule has 0 spiro atoms. The highest BCUT2D eigenvalue weighted by atomic mass is 19.4. The number of aromatic nitrogens is 2. The zero-order valence-corrected chi connectivity index (χ0v) is 11.0. The number of hydrogen-bond acceptors (Lipinski definition) is 5. The summed E-state index contributed by atoms with van der Waals surface area (Å²) in [6.07, 6.45) is -4.68. The van der Waals surface area contributed by atoms with Crippen LogP contribution < -0.4 is 10.5 Å². The molecule has 1 aromatic carbocycles. The van der Waals surface area contributed by atoms with Crippen molar-refractivity contribution in [1.29, 1.82) is 0 Å². The minimum absolute atomic E-state index is 0.135. The Labute approximate surface area is 117 Å². The van der Waals surface area contributed by atoms with Crippen LogP contribution in [0.5, 0.6) is 5.75 Å². The van der Waals surface area contributed by atoms with Crippen LogP contribution in [0.4, 0.5) is 13.2 Å². The highest BCUT2D eigenvalue weighted by molar-refractivity contribution is 5.42. The SMILES string of the molecule is CC(N)(c1nc(C2COc3ccccc32)no1)C(F)(F)F. The van der Waals surface area contributed by atoms with E-state index in [-0.39, 0.29) is 18.3 Å². The summed E-state index contributed by atoms with van der Waals surface area (Å²) in [5.41, 5.74) is 3.40. The fraction of sp³-hybridized carbons (Fsp3) is 0.385. The van der Waals surface area contributed by atoms with Gasteiger partial charge >= 0.3 is 6.18 Å². The monoisotopic (exact) mass is 299 g/mol. The Morgan fingerprint density at radius 1 is 1.29 bits per heavy atom. The fourth-order valence-corrected chi connectivity index (χ4v) is 2.08. The van der Waals surface area contributed by atoms with Gasteiger partial charge in [0.05, 0.1) is 5.92 Å².